The van der Waals surface area contributed by atoms with E-state index in [0.717, 1.165) is 39.9 Å². The third kappa shape index (κ3) is 8.31. The van der Waals surface area contributed by atoms with Crippen molar-refractivity contribution in [3.63, 3.8) is 0 Å². The van der Waals surface area contributed by atoms with E-state index in [1.807, 2.05) is 41.3 Å². The molecule has 4 aromatic rings. The summed E-state index contributed by atoms with van der Waals surface area (Å²) in [5.74, 6) is -3.03. The van der Waals surface area contributed by atoms with Gasteiger partial charge in [0.2, 0.25) is 17.7 Å². The van der Waals surface area contributed by atoms with Gasteiger partial charge in [0.05, 0.1) is 40.1 Å². The maximum atomic E-state index is 13.4. The van der Waals surface area contributed by atoms with E-state index in [1.165, 1.54) is 12.3 Å². The fraction of sp³-hybridized carbons (Fsp3) is 0.333. The van der Waals surface area contributed by atoms with Gasteiger partial charge in [0, 0.05) is 56.9 Å². The molecule has 0 saturated carbocycles. The number of para-hydroxylation sites is 1. The van der Waals surface area contributed by atoms with Gasteiger partial charge in [-0.05, 0) is 80.0 Å². The first kappa shape index (κ1) is 39.4. The Morgan fingerprint density at radius 3 is 2.36 bits per heavy atom. The third-order valence-corrected chi connectivity index (χ3v) is 10.9. The van der Waals surface area contributed by atoms with Gasteiger partial charge in [0.25, 0.3) is 17.7 Å². The smallest absolute Gasteiger partial charge is 0.317 e. The van der Waals surface area contributed by atoms with Gasteiger partial charge in [0.15, 0.2) is 0 Å². The van der Waals surface area contributed by atoms with E-state index in [1.54, 1.807) is 24.1 Å². The Kier molecular flexibility index (Phi) is 11.6. The molecule has 7 rings (SSSR count). The molecule has 1 unspecified atom stereocenters. The number of amides is 8. The SMILES string of the molecule is CN(CC(=O)NCCCCNC(=O)N1CCC(c2ccc3ncc(C(N)=O)c(Nc4ccccc4)c3c2)CC1)c1cccc2c1C(=O)N(C1CCC(=O)NC1=O)C2=O. The van der Waals surface area contributed by atoms with Gasteiger partial charge in [0.1, 0.15) is 6.04 Å². The molecular weight excluding hydrogens is 743 g/mol. The number of aromatic nitrogens is 1. The van der Waals surface area contributed by atoms with E-state index in [0.29, 0.717) is 56.0 Å². The number of pyridine rings is 1. The van der Waals surface area contributed by atoms with Crippen molar-refractivity contribution in [1.82, 2.24) is 30.7 Å². The zero-order chi connectivity index (χ0) is 40.9. The van der Waals surface area contributed by atoms with Gasteiger partial charge in [-0.25, -0.2) is 4.79 Å². The number of rotatable bonds is 13. The number of fused-ring (bicyclic) bond motifs is 2. The van der Waals surface area contributed by atoms with Crippen molar-refractivity contribution in [3.8, 4) is 0 Å². The fourth-order valence-corrected chi connectivity index (χ4v) is 7.82. The van der Waals surface area contributed by atoms with Crippen molar-refractivity contribution in [2.24, 2.45) is 5.73 Å². The van der Waals surface area contributed by atoms with Crippen molar-refractivity contribution in [1.29, 1.82) is 0 Å². The summed E-state index contributed by atoms with van der Waals surface area (Å²) < 4.78 is 0. The Hall–Kier alpha value is -6.84. The Morgan fingerprint density at radius 1 is 0.897 bits per heavy atom. The molecule has 0 aliphatic carbocycles. The molecule has 1 atom stereocenters. The van der Waals surface area contributed by atoms with Crippen LogP contribution in [0.25, 0.3) is 10.9 Å². The van der Waals surface area contributed by atoms with Crippen molar-refractivity contribution in [2.75, 3.05) is 50.0 Å². The number of unbranched alkanes of at least 4 members (excludes halogenated alkanes) is 1. The van der Waals surface area contributed by atoms with E-state index in [9.17, 15) is 33.6 Å². The quantitative estimate of drug-likeness (QED) is 0.0983. The maximum absolute atomic E-state index is 13.4. The number of nitrogens with two attached hydrogens (primary N) is 1. The fourth-order valence-electron chi connectivity index (χ4n) is 7.82. The normalized spacial score (nSPS) is 16.9. The lowest BCUT2D eigenvalue weighted by molar-refractivity contribution is -0.136. The molecule has 16 heteroatoms. The van der Waals surface area contributed by atoms with Crippen LogP contribution < -0.4 is 31.9 Å². The summed E-state index contributed by atoms with van der Waals surface area (Å²) in [5, 5.41) is 12.2. The first-order valence-corrected chi connectivity index (χ1v) is 19.4. The zero-order valence-corrected chi connectivity index (χ0v) is 32.1. The molecular formula is C42H45N9O7. The third-order valence-electron chi connectivity index (χ3n) is 10.9. The molecule has 300 valence electrons. The summed E-state index contributed by atoms with van der Waals surface area (Å²) >= 11 is 0. The maximum Gasteiger partial charge on any atom is 0.317 e. The van der Waals surface area contributed by atoms with Crippen LogP contribution in [0.1, 0.15) is 81.1 Å². The molecule has 3 aliphatic heterocycles. The average Bonchev–Trinajstić information content (AvgIpc) is 3.47. The van der Waals surface area contributed by atoms with Gasteiger partial charge in [-0.15, -0.1) is 0 Å². The summed E-state index contributed by atoms with van der Waals surface area (Å²) in [6.07, 6.45) is 4.40. The number of hydrogen-bond acceptors (Lipinski definition) is 10. The number of primary amides is 1. The first-order valence-electron chi connectivity index (χ1n) is 19.4. The van der Waals surface area contributed by atoms with Crippen molar-refractivity contribution >= 4 is 69.4 Å². The molecule has 4 heterocycles. The van der Waals surface area contributed by atoms with Crippen molar-refractivity contribution in [2.45, 2.75) is 50.5 Å². The number of nitrogens with one attached hydrogen (secondary N) is 4. The van der Waals surface area contributed by atoms with E-state index < -0.39 is 35.6 Å². The highest BCUT2D eigenvalue weighted by atomic mass is 16.2. The predicted octanol–water partition coefficient (Wildman–Crippen LogP) is 3.40. The van der Waals surface area contributed by atoms with Gasteiger partial charge in [-0.1, -0.05) is 30.3 Å². The Morgan fingerprint density at radius 2 is 1.64 bits per heavy atom. The molecule has 16 nitrogen and oxygen atoms in total. The molecule has 0 bridgehead atoms. The molecule has 2 saturated heterocycles. The molecule has 8 amide bonds. The minimum absolute atomic E-state index is 0.0214. The van der Waals surface area contributed by atoms with Gasteiger partial charge in [-0.2, -0.15) is 0 Å². The molecule has 1 aromatic heterocycles. The molecule has 0 spiro atoms. The minimum atomic E-state index is -1.08. The highest BCUT2D eigenvalue weighted by molar-refractivity contribution is 6.25. The number of urea groups is 1. The van der Waals surface area contributed by atoms with Crippen LogP contribution in [0.3, 0.4) is 0 Å². The summed E-state index contributed by atoms with van der Waals surface area (Å²) in [6.45, 7) is 1.92. The van der Waals surface area contributed by atoms with Gasteiger partial charge >= 0.3 is 6.03 Å². The highest BCUT2D eigenvalue weighted by Crippen LogP contribution is 2.36. The largest absolute Gasteiger partial charge is 0.365 e. The second-order valence-electron chi connectivity index (χ2n) is 14.7. The summed E-state index contributed by atoms with van der Waals surface area (Å²) in [5.41, 5.74) is 9.95. The molecule has 58 heavy (non-hydrogen) atoms. The molecule has 3 aromatic carbocycles. The molecule has 2 fully saturated rings. The minimum Gasteiger partial charge on any atom is -0.365 e. The van der Waals surface area contributed by atoms with Crippen LogP contribution in [0.5, 0.6) is 0 Å². The highest BCUT2D eigenvalue weighted by Gasteiger charge is 2.46. The van der Waals surface area contributed by atoms with Crippen molar-refractivity contribution < 1.29 is 33.6 Å². The monoisotopic (exact) mass is 787 g/mol. The number of likely N-dealkylation sites (N-methyl/N-ethyl adjacent to an activating group) is 1. The van der Waals surface area contributed by atoms with Crippen LogP contribution in [0.2, 0.25) is 0 Å². The summed E-state index contributed by atoms with van der Waals surface area (Å²) in [4.78, 5) is 97.6. The number of imide groups is 2. The number of anilines is 3. The number of hydrogen-bond donors (Lipinski definition) is 5. The molecule has 3 aliphatic rings. The number of carbonyl (C=O) groups excluding carboxylic acids is 7. The van der Waals surface area contributed by atoms with Crippen LogP contribution in [0, 0.1) is 0 Å². The number of benzene rings is 3. The lowest BCUT2D eigenvalue weighted by atomic mass is 9.88. The topological polar surface area (TPSA) is 216 Å². The van der Waals surface area contributed by atoms with Crippen LogP contribution in [-0.2, 0) is 14.4 Å². The zero-order valence-electron chi connectivity index (χ0n) is 32.1. The Balaban J connectivity index is 0.844. The van der Waals surface area contributed by atoms with Gasteiger partial charge < -0.3 is 31.5 Å². The van der Waals surface area contributed by atoms with Gasteiger partial charge in [-0.3, -0.25) is 44.0 Å². The predicted molar refractivity (Wildman–Crippen MR) is 216 cm³/mol. The Bertz CT molecular complexity index is 2290. The second kappa shape index (κ2) is 17.1. The van der Waals surface area contributed by atoms with Crippen LogP contribution in [-0.4, -0.2) is 102 Å². The van der Waals surface area contributed by atoms with Crippen molar-refractivity contribution in [3.05, 3.63) is 95.2 Å². The summed E-state index contributed by atoms with van der Waals surface area (Å²) in [6, 6.07) is 19.2. The van der Waals surface area contributed by atoms with Crippen LogP contribution in [0.4, 0.5) is 21.9 Å². The number of piperidine rings is 2. The lowest BCUT2D eigenvalue weighted by Gasteiger charge is -2.32. The lowest BCUT2D eigenvalue weighted by Crippen LogP contribution is -2.54. The second-order valence-corrected chi connectivity index (χ2v) is 14.7. The van der Waals surface area contributed by atoms with E-state index in [-0.39, 0.29) is 48.4 Å². The van der Waals surface area contributed by atoms with E-state index in [2.05, 4.69) is 38.4 Å². The van der Waals surface area contributed by atoms with E-state index in [4.69, 9.17) is 5.73 Å². The number of nitrogens with zero attached hydrogens (tertiary/aromatic N) is 4. The Labute approximate surface area is 334 Å². The standard InChI is InChI=1S/C42H45N9O7/c1-49(32-11-7-10-28-36(32)41(57)51(40(28)56)33-14-15-34(52)48-39(33)55)24-35(53)44-18-5-6-19-45-42(58)50-20-16-25(17-21-50)26-12-13-31-29(22-26)37(30(23-46-31)38(43)54)47-27-8-3-2-4-9-27/h2-4,7-13,22-23,25,33H,5-6,14-21,24H2,1H3,(H2,43,54)(H,44,53)(H,45,58)(H,46,47)(H,48,52,55). The van der Waals surface area contributed by atoms with Crippen LogP contribution in [0.15, 0.2) is 72.9 Å². The summed E-state index contributed by atoms with van der Waals surface area (Å²) in [7, 11) is 1.64. The van der Waals surface area contributed by atoms with E-state index >= 15 is 0 Å². The average molecular weight is 788 g/mol. The van der Waals surface area contributed by atoms with Crippen LogP contribution >= 0.6 is 0 Å². The first-order chi connectivity index (χ1) is 28.0. The number of likely N-dealkylation sites (tertiary alicyclic amines) is 1. The molecule has 0 radical (unpaired) electrons. The number of carbonyl (C=O) groups is 7. The molecule has 6 N–H and O–H groups in total.